The van der Waals surface area contributed by atoms with Crippen molar-refractivity contribution < 1.29 is 0 Å². The lowest BCUT2D eigenvalue weighted by Crippen LogP contribution is -2.34. The van der Waals surface area contributed by atoms with Crippen LogP contribution >= 0.6 is 0 Å². The van der Waals surface area contributed by atoms with Gasteiger partial charge in [0, 0.05) is 6.04 Å². The first-order valence-corrected chi connectivity index (χ1v) is 6.58. The smallest absolute Gasteiger partial charge is 0.0684 e. The molecule has 0 aliphatic carbocycles. The first-order valence-electron chi connectivity index (χ1n) is 6.58. The molecule has 0 aromatic carbocycles. The van der Waals surface area contributed by atoms with Gasteiger partial charge < -0.3 is 4.90 Å². The van der Waals surface area contributed by atoms with Gasteiger partial charge in [-0.1, -0.05) is 19.8 Å². The van der Waals surface area contributed by atoms with Crippen LogP contribution in [0.3, 0.4) is 0 Å². The maximum atomic E-state index is 8.99. The third-order valence-corrected chi connectivity index (χ3v) is 3.11. The third kappa shape index (κ3) is 6.85. The molecule has 0 unspecified atom stereocenters. The van der Waals surface area contributed by atoms with Gasteiger partial charge in [-0.25, -0.2) is 0 Å². The molecule has 0 N–H and O–H groups in total. The van der Waals surface area contributed by atoms with Crippen LogP contribution in [0.1, 0.15) is 60.3 Å². The summed E-state index contributed by atoms with van der Waals surface area (Å²) in [5, 5.41) is 8.99. The molecule has 2 heteroatoms. The molecule has 0 bridgehead atoms. The van der Waals surface area contributed by atoms with E-state index in [1.165, 1.54) is 25.8 Å². The molecule has 0 spiro atoms. The summed E-state index contributed by atoms with van der Waals surface area (Å²) >= 11 is 0. The van der Waals surface area contributed by atoms with Gasteiger partial charge in [-0.2, -0.15) is 5.26 Å². The normalized spacial score (nSPS) is 12.1. The lowest BCUT2D eigenvalue weighted by Gasteiger charge is -2.28. The van der Waals surface area contributed by atoms with Gasteiger partial charge in [-0.05, 0) is 53.6 Å². The summed E-state index contributed by atoms with van der Waals surface area (Å²) in [5.74, 6) is 0. The quantitative estimate of drug-likeness (QED) is 0.586. The van der Waals surface area contributed by atoms with Gasteiger partial charge in [0.15, 0.2) is 0 Å². The predicted octanol–water partition coefficient (Wildman–Crippen LogP) is 3.83. The molecule has 2 nitrogen and oxygen atoms in total. The maximum absolute atomic E-state index is 8.99. The zero-order valence-corrected chi connectivity index (χ0v) is 11.7. The van der Waals surface area contributed by atoms with Gasteiger partial charge in [-0.3, -0.25) is 0 Å². The molecular weight excluding hydrogens is 196 g/mol. The van der Waals surface area contributed by atoms with Crippen molar-refractivity contribution in [2.75, 3.05) is 13.1 Å². The van der Waals surface area contributed by atoms with Crippen molar-refractivity contribution in [1.82, 2.24) is 4.90 Å². The molecule has 16 heavy (non-hydrogen) atoms. The van der Waals surface area contributed by atoms with Crippen LogP contribution in [-0.4, -0.2) is 24.0 Å². The van der Waals surface area contributed by atoms with E-state index < -0.39 is 0 Å². The van der Waals surface area contributed by atoms with Gasteiger partial charge >= 0.3 is 0 Å². The van der Waals surface area contributed by atoms with Crippen LogP contribution in [0.4, 0.5) is 0 Å². The Hall–Kier alpha value is -0.550. The Morgan fingerprint density at radius 3 is 2.25 bits per heavy atom. The molecule has 0 aliphatic heterocycles. The standard InChI is InChI=1S/C14H28N2/c1-6-7-8-10-16(13(2)3)11-9-14(4,5)12-15/h13H,6-11H2,1-5H3. The highest BCUT2D eigenvalue weighted by molar-refractivity contribution is 4.92. The fraction of sp³-hybridized carbons (Fsp3) is 0.929. The predicted molar refractivity (Wildman–Crippen MR) is 70.2 cm³/mol. The van der Waals surface area contributed by atoms with Crippen molar-refractivity contribution >= 4 is 0 Å². The molecular formula is C14H28N2. The Balaban J connectivity index is 4.00. The largest absolute Gasteiger partial charge is 0.301 e. The van der Waals surface area contributed by atoms with Crippen molar-refractivity contribution in [2.24, 2.45) is 5.41 Å². The van der Waals surface area contributed by atoms with Gasteiger partial charge in [-0.15, -0.1) is 0 Å². The van der Waals surface area contributed by atoms with Gasteiger partial charge in [0.05, 0.1) is 11.5 Å². The SMILES string of the molecule is CCCCCN(CCC(C)(C)C#N)C(C)C. The summed E-state index contributed by atoms with van der Waals surface area (Å²) in [6.45, 7) is 13.0. The molecule has 0 fully saturated rings. The second-order valence-electron chi connectivity index (χ2n) is 5.58. The molecule has 94 valence electrons. The van der Waals surface area contributed by atoms with Gasteiger partial charge in [0.25, 0.3) is 0 Å². The Morgan fingerprint density at radius 1 is 1.19 bits per heavy atom. The molecule has 0 saturated carbocycles. The van der Waals surface area contributed by atoms with Crippen molar-refractivity contribution in [3.05, 3.63) is 0 Å². The number of rotatable bonds is 8. The van der Waals surface area contributed by atoms with E-state index >= 15 is 0 Å². The molecule has 0 amide bonds. The highest BCUT2D eigenvalue weighted by Gasteiger charge is 2.19. The van der Waals surface area contributed by atoms with E-state index in [1.54, 1.807) is 0 Å². The van der Waals surface area contributed by atoms with Crippen LogP contribution in [0.15, 0.2) is 0 Å². The first-order chi connectivity index (χ1) is 7.43. The highest BCUT2D eigenvalue weighted by atomic mass is 15.1. The summed E-state index contributed by atoms with van der Waals surface area (Å²) in [6.07, 6.45) is 4.83. The number of hydrogen-bond acceptors (Lipinski definition) is 2. The summed E-state index contributed by atoms with van der Waals surface area (Å²) in [5.41, 5.74) is -0.183. The lowest BCUT2D eigenvalue weighted by atomic mass is 9.91. The van der Waals surface area contributed by atoms with Crippen LogP contribution in [-0.2, 0) is 0 Å². The molecule has 0 aromatic heterocycles. The summed E-state index contributed by atoms with van der Waals surface area (Å²) in [4.78, 5) is 2.49. The molecule has 0 aliphatic rings. The van der Waals surface area contributed by atoms with E-state index in [0.29, 0.717) is 6.04 Å². The lowest BCUT2D eigenvalue weighted by molar-refractivity contribution is 0.195. The number of unbranched alkanes of at least 4 members (excludes halogenated alkanes) is 2. The maximum Gasteiger partial charge on any atom is 0.0684 e. The zero-order chi connectivity index (χ0) is 12.6. The van der Waals surface area contributed by atoms with Gasteiger partial charge in [0.1, 0.15) is 0 Å². The third-order valence-electron chi connectivity index (χ3n) is 3.11. The van der Waals surface area contributed by atoms with E-state index in [9.17, 15) is 0 Å². The summed E-state index contributed by atoms with van der Waals surface area (Å²) in [6, 6.07) is 2.97. The van der Waals surface area contributed by atoms with Crippen LogP contribution in [0, 0.1) is 16.7 Å². The Kier molecular flexibility index (Phi) is 7.42. The minimum Gasteiger partial charge on any atom is -0.301 e. The van der Waals surface area contributed by atoms with Crippen molar-refractivity contribution in [1.29, 1.82) is 5.26 Å². The number of nitriles is 1. The Labute approximate surface area is 102 Å². The molecule has 0 heterocycles. The van der Waals surface area contributed by atoms with Gasteiger partial charge in [0.2, 0.25) is 0 Å². The summed E-state index contributed by atoms with van der Waals surface area (Å²) < 4.78 is 0. The molecule has 0 saturated heterocycles. The Bertz CT molecular complexity index is 213. The fourth-order valence-electron chi connectivity index (χ4n) is 1.67. The van der Waals surface area contributed by atoms with Crippen molar-refractivity contribution in [3.8, 4) is 6.07 Å². The fourth-order valence-corrected chi connectivity index (χ4v) is 1.67. The average molecular weight is 224 g/mol. The second-order valence-corrected chi connectivity index (χ2v) is 5.58. The van der Waals surface area contributed by atoms with E-state index in [4.69, 9.17) is 5.26 Å². The molecule has 0 aromatic rings. The molecule has 0 atom stereocenters. The minimum absolute atomic E-state index is 0.183. The van der Waals surface area contributed by atoms with Crippen LogP contribution in [0.5, 0.6) is 0 Å². The highest BCUT2D eigenvalue weighted by Crippen LogP contribution is 2.19. The average Bonchev–Trinajstić information content (AvgIpc) is 2.22. The molecule has 0 rings (SSSR count). The van der Waals surface area contributed by atoms with E-state index in [2.05, 4.69) is 31.7 Å². The summed E-state index contributed by atoms with van der Waals surface area (Å²) in [7, 11) is 0. The van der Waals surface area contributed by atoms with Crippen LogP contribution < -0.4 is 0 Å². The Morgan fingerprint density at radius 2 is 1.81 bits per heavy atom. The van der Waals surface area contributed by atoms with E-state index in [1.807, 2.05) is 13.8 Å². The van der Waals surface area contributed by atoms with E-state index in [0.717, 1.165) is 13.0 Å². The van der Waals surface area contributed by atoms with Crippen LogP contribution in [0.2, 0.25) is 0 Å². The van der Waals surface area contributed by atoms with Crippen molar-refractivity contribution in [3.63, 3.8) is 0 Å². The topological polar surface area (TPSA) is 27.0 Å². The van der Waals surface area contributed by atoms with Crippen LogP contribution in [0.25, 0.3) is 0 Å². The van der Waals surface area contributed by atoms with E-state index in [-0.39, 0.29) is 5.41 Å². The number of hydrogen-bond donors (Lipinski definition) is 0. The first kappa shape index (κ1) is 15.4. The minimum atomic E-state index is -0.183. The second kappa shape index (κ2) is 7.68. The monoisotopic (exact) mass is 224 g/mol. The van der Waals surface area contributed by atoms with Crippen molar-refractivity contribution in [2.45, 2.75) is 66.3 Å². The zero-order valence-electron chi connectivity index (χ0n) is 11.7. The number of nitrogens with zero attached hydrogens (tertiary/aromatic N) is 2. The molecule has 0 radical (unpaired) electrons.